The van der Waals surface area contributed by atoms with Gasteiger partial charge in [-0.2, -0.15) is 0 Å². The van der Waals surface area contributed by atoms with E-state index in [1.807, 2.05) is 42.5 Å². The van der Waals surface area contributed by atoms with Crippen LogP contribution in [-0.4, -0.2) is 66.2 Å². The molecule has 0 unspecified atom stereocenters. The number of rotatable bonds is 9. The summed E-state index contributed by atoms with van der Waals surface area (Å²) in [6, 6.07) is 13.5. The van der Waals surface area contributed by atoms with Crippen molar-refractivity contribution >= 4 is 45.7 Å². The van der Waals surface area contributed by atoms with Gasteiger partial charge in [-0.3, -0.25) is 25.4 Å². The number of hydrogen-bond acceptors (Lipinski definition) is 7. The Bertz CT molecular complexity index is 1410. The van der Waals surface area contributed by atoms with Crippen LogP contribution < -0.4 is 15.5 Å². The van der Waals surface area contributed by atoms with E-state index in [-0.39, 0.29) is 37.7 Å². The number of nitrogen functional groups attached to an aromatic ring is 1. The van der Waals surface area contributed by atoms with Gasteiger partial charge >= 0.3 is 5.97 Å². The number of nitrogens with two attached hydrogens (primary N) is 1. The molecule has 40 heavy (non-hydrogen) atoms. The second kappa shape index (κ2) is 13.1. The molecule has 0 spiro atoms. The van der Waals surface area contributed by atoms with E-state index < -0.39 is 5.97 Å². The Morgan fingerprint density at radius 2 is 1.82 bits per heavy atom. The molecule has 1 amide bonds. The van der Waals surface area contributed by atoms with E-state index in [0.29, 0.717) is 23.6 Å². The zero-order valence-electron chi connectivity index (χ0n) is 23.2. The highest BCUT2D eigenvalue weighted by molar-refractivity contribution is 6.00. The molecular weight excluding hydrogens is 506 g/mol. The van der Waals surface area contributed by atoms with Gasteiger partial charge in [-0.1, -0.05) is 24.3 Å². The number of benzene rings is 2. The summed E-state index contributed by atoms with van der Waals surface area (Å²) in [5.41, 5.74) is 8.81. The van der Waals surface area contributed by atoms with Gasteiger partial charge in [-0.05, 0) is 54.8 Å². The maximum atomic E-state index is 13.7. The number of nitrogens with zero attached hydrogens (tertiary/aromatic N) is 4. The molecule has 3 aromatic rings. The fraction of sp³-hybridized carbons (Fsp3) is 0.367. The van der Waals surface area contributed by atoms with Crippen molar-refractivity contribution in [1.29, 1.82) is 10.8 Å². The summed E-state index contributed by atoms with van der Waals surface area (Å²) in [6.45, 7) is 7.13. The minimum absolute atomic E-state index is 0.00250. The number of nitrogens with one attached hydrogen (secondary N) is 2. The molecule has 4 N–H and O–H groups in total. The predicted octanol–water partition coefficient (Wildman–Crippen LogP) is 3.90. The van der Waals surface area contributed by atoms with Gasteiger partial charge in [0.05, 0.1) is 43.0 Å². The van der Waals surface area contributed by atoms with Crippen molar-refractivity contribution in [3.8, 4) is 0 Å². The van der Waals surface area contributed by atoms with Crippen LogP contribution in [-0.2, 0) is 20.9 Å². The smallest absolute Gasteiger partial charge is 0.306 e. The predicted molar refractivity (Wildman–Crippen MR) is 158 cm³/mol. The minimum Gasteiger partial charge on any atom is -0.466 e. The van der Waals surface area contributed by atoms with E-state index in [0.717, 1.165) is 48.1 Å². The number of ether oxygens (including phenoxy) is 1. The van der Waals surface area contributed by atoms with Crippen LogP contribution in [0.1, 0.15) is 44.2 Å². The van der Waals surface area contributed by atoms with Crippen LogP contribution in [0.25, 0.3) is 10.8 Å². The Morgan fingerprint density at radius 1 is 1.02 bits per heavy atom. The van der Waals surface area contributed by atoms with Gasteiger partial charge in [-0.25, -0.2) is 0 Å². The second-order valence-electron chi connectivity index (χ2n) is 9.87. The van der Waals surface area contributed by atoms with E-state index in [4.69, 9.17) is 21.3 Å². The van der Waals surface area contributed by atoms with Crippen LogP contribution in [0.15, 0.2) is 54.9 Å². The summed E-state index contributed by atoms with van der Waals surface area (Å²) in [5, 5.41) is 17.8. The van der Waals surface area contributed by atoms with Gasteiger partial charge in [0, 0.05) is 44.4 Å². The molecule has 10 heteroatoms. The van der Waals surface area contributed by atoms with Crippen molar-refractivity contribution < 1.29 is 14.3 Å². The van der Waals surface area contributed by atoms with Crippen LogP contribution in [0.5, 0.6) is 0 Å². The quantitative estimate of drug-likeness (QED) is 0.211. The topological polar surface area (TPSA) is 140 Å². The molecular formula is C30H37N7O3. The van der Waals surface area contributed by atoms with Crippen molar-refractivity contribution in [2.45, 2.75) is 39.7 Å². The molecule has 1 aliphatic rings. The highest BCUT2D eigenvalue weighted by atomic mass is 16.5. The standard InChI is InChI=1S/C30H37N7O3/c1-3-40-29(39)10-9-28(38)37(20-22-5-6-23-7-8-24(30(32)33)18-25(23)17-22)27-19-34-12-11-26(27)36-14-4-13-35(15-16-36)21(2)31/h5-8,11-12,17-19,31H,3-4,9-10,13-16,20H2,1-2H3,(H3,32,33). The molecule has 1 fully saturated rings. The summed E-state index contributed by atoms with van der Waals surface area (Å²) < 4.78 is 5.06. The average molecular weight is 544 g/mol. The first-order valence-electron chi connectivity index (χ1n) is 13.6. The van der Waals surface area contributed by atoms with Crippen LogP contribution in [0.2, 0.25) is 0 Å². The molecule has 0 saturated carbocycles. The molecule has 210 valence electrons. The molecule has 0 bridgehead atoms. The molecule has 1 aromatic heterocycles. The largest absolute Gasteiger partial charge is 0.466 e. The number of aromatic nitrogens is 1. The van der Waals surface area contributed by atoms with Crippen LogP contribution in [0.3, 0.4) is 0 Å². The fourth-order valence-electron chi connectivity index (χ4n) is 4.98. The first-order valence-corrected chi connectivity index (χ1v) is 13.6. The van der Waals surface area contributed by atoms with Crippen molar-refractivity contribution in [1.82, 2.24) is 9.88 Å². The van der Waals surface area contributed by atoms with Gasteiger partial charge in [0.2, 0.25) is 5.91 Å². The van der Waals surface area contributed by atoms with E-state index in [2.05, 4.69) is 14.8 Å². The van der Waals surface area contributed by atoms with Gasteiger partial charge < -0.3 is 25.2 Å². The van der Waals surface area contributed by atoms with Crippen LogP contribution in [0.4, 0.5) is 11.4 Å². The Balaban J connectivity index is 1.68. The number of pyridine rings is 1. The molecule has 2 heterocycles. The maximum Gasteiger partial charge on any atom is 0.306 e. The lowest BCUT2D eigenvalue weighted by atomic mass is 10.0. The third kappa shape index (κ3) is 6.93. The molecule has 10 nitrogen and oxygen atoms in total. The highest BCUT2D eigenvalue weighted by Gasteiger charge is 2.25. The van der Waals surface area contributed by atoms with Crippen molar-refractivity contribution in [2.75, 3.05) is 42.6 Å². The summed E-state index contributed by atoms with van der Waals surface area (Å²) in [4.78, 5) is 36.1. The zero-order chi connectivity index (χ0) is 28.6. The lowest BCUT2D eigenvalue weighted by Crippen LogP contribution is -2.35. The van der Waals surface area contributed by atoms with Gasteiger partial charge in [-0.15, -0.1) is 0 Å². The number of esters is 1. The van der Waals surface area contributed by atoms with E-state index in [1.54, 1.807) is 31.1 Å². The van der Waals surface area contributed by atoms with Crippen LogP contribution >= 0.6 is 0 Å². The summed E-state index contributed by atoms with van der Waals surface area (Å²) in [7, 11) is 0. The molecule has 4 rings (SSSR count). The number of anilines is 2. The second-order valence-corrected chi connectivity index (χ2v) is 9.87. The highest BCUT2D eigenvalue weighted by Crippen LogP contribution is 2.32. The van der Waals surface area contributed by atoms with E-state index >= 15 is 0 Å². The third-order valence-corrected chi connectivity index (χ3v) is 7.09. The Labute approximate surface area is 234 Å². The molecule has 2 aromatic carbocycles. The van der Waals surface area contributed by atoms with Crippen LogP contribution in [0, 0.1) is 10.8 Å². The number of amides is 1. The first-order chi connectivity index (χ1) is 19.3. The first kappa shape index (κ1) is 28.5. The number of hydrogen-bond donors (Lipinski definition) is 3. The molecule has 0 aliphatic carbocycles. The zero-order valence-corrected chi connectivity index (χ0v) is 23.2. The van der Waals surface area contributed by atoms with Gasteiger partial charge in [0.15, 0.2) is 0 Å². The number of carbonyl (C=O) groups is 2. The Morgan fingerprint density at radius 3 is 2.58 bits per heavy atom. The number of fused-ring (bicyclic) bond motifs is 1. The van der Waals surface area contributed by atoms with Crippen molar-refractivity contribution in [2.24, 2.45) is 5.73 Å². The van der Waals surface area contributed by atoms with Crippen molar-refractivity contribution in [3.05, 3.63) is 66.0 Å². The molecule has 1 saturated heterocycles. The van der Waals surface area contributed by atoms with Crippen molar-refractivity contribution in [3.63, 3.8) is 0 Å². The van der Waals surface area contributed by atoms with E-state index in [9.17, 15) is 9.59 Å². The summed E-state index contributed by atoms with van der Waals surface area (Å²) >= 11 is 0. The maximum absolute atomic E-state index is 13.7. The summed E-state index contributed by atoms with van der Waals surface area (Å²) in [6.07, 6.45) is 4.32. The van der Waals surface area contributed by atoms with E-state index in [1.165, 1.54) is 0 Å². The molecule has 0 radical (unpaired) electrons. The fourth-order valence-corrected chi connectivity index (χ4v) is 4.98. The summed E-state index contributed by atoms with van der Waals surface area (Å²) in [5.74, 6) is -0.0555. The monoisotopic (exact) mass is 543 g/mol. The minimum atomic E-state index is -0.403. The van der Waals surface area contributed by atoms with Gasteiger partial charge in [0.25, 0.3) is 0 Å². The normalized spacial score (nSPS) is 13.6. The molecule has 0 atom stereocenters. The number of amidine groups is 2. The molecule has 1 aliphatic heterocycles. The SMILES string of the molecule is CCOC(=O)CCC(=O)N(Cc1ccc2ccc(C(=N)N)cc2c1)c1cnccc1N1CCCN(C(C)=N)CC1. The average Bonchev–Trinajstić information content (AvgIpc) is 3.21. The Hall–Kier alpha value is -4.47. The lowest BCUT2D eigenvalue weighted by Gasteiger charge is -2.31. The third-order valence-electron chi connectivity index (χ3n) is 7.09. The lowest BCUT2D eigenvalue weighted by molar-refractivity contribution is -0.144. The Kier molecular flexibility index (Phi) is 9.31. The van der Waals surface area contributed by atoms with Gasteiger partial charge in [0.1, 0.15) is 5.84 Å². The number of carbonyl (C=O) groups excluding carboxylic acids is 2.